The van der Waals surface area contributed by atoms with Gasteiger partial charge in [-0.25, -0.2) is 9.78 Å². The molecule has 1 unspecified atom stereocenters. The maximum atomic E-state index is 12.2. The summed E-state index contributed by atoms with van der Waals surface area (Å²) in [5.41, 5.74) is -1.51. The second-order valence-corrected chi connectivity index (χ2v) is 7.19. The lowest BCUT2D eigenvalue weighted by Crippen LogP contribution is -2.39. The zero-order valence-electron chi connectivity index (χ0n) is 14.2. The molecule has 0 aliphatic carbocycles. The Hall–Kier alpha value is -2.05. The fraction of sp³-hybridized carbons (Fsp3) is 0.688. The van der Waals surface area contributed by atoms with Gasteiger partial charge in [-0.15, -0.1) is 0 Å². The van der Waals surface area contributed by atoms with Crippen LogP contribution in [0.25, 0.3) is 0 Å². The number of amides is 1. The van der Waals surface area contributed by atoms with Gasteiger partial charge in [-0.1, -0.05) is 0 Å². The van der Waals surface area contributed by atoms with Gasteiger partial charge in [-0.2, -0.15) is 0 Å². The van der Waals surface area contributed by atoms with E-state index in [4.69, 9.17) is 4.74 Å². The van der Waals surface area contributed by atoms with Crippen LogP contribution in [0.4, 0.5) is 4.79 Å². The van der Waals surface area contributed by atoms with Gasteiger partial charge < -0.3 is 19.3 Å². The van der Waals surface area contributed by atoms with E-state index in [1.54, 1.807) is 27.0 Å². The lowest BCUT2D eigenvalue weighted by molar-refractivity contribution is -0.148. The molecule has 0 saturated carbocycles. The summed E-state index contributed by atoms with van der Waals surface area (Å²) < 4.78 is 7.23. The summed E-state index contributed by atoms with van der Waals surface area (Å²) >= 11 is 0. The smallest absolute Gasteiger partial charge is 0.410 e. The minimum absolute atomic E-state index is 0.182. The molecule has 1 N–H and O–H groups in total. The van der Waals surface area contributed by atoms with E-state index in [0.29, 0.717) is 25.8 Å². The van der Waals surface area contributed by atoms with Crippen LogP contribution in [0.5, 0.6) is 0 Å². The molecule has 1 aromatic rings. The third-order valence-corrected chi connectivity index (χ3v) is 4.21. The zero-order chi connectivity index (χ0) is 17.3. The lowest BCUT2D eigenvalue weighted by atomic mass is 9.82. The van der Waals surface area contributed by atoms with Crippen molar-refractivity contribution >= 4 is 12.1 Å². The number of rotatable bonds is 4. The van der Waals surface area contributed by atoms with Crippen molar-refractivity contribution in [2.24, 2.45) is 12.5 Å². The van der Waals surface area contributed by atoms with Crippen molar-refractivity contribution in [1.29, 1.82) is 0 Å². The van der Waals surface area contributed by atoms with Crippen LogP contribution >= 0.6 is 0 Å². The quantitative estimate of drug-likeness (QED) is 0.917. The van der Waals surface area contributed by atoms with Crippen LogP contribution < -0.4 is 0 Å². The Labute approximate surface area is 136 Å². The van der Waals surface area contributed by atoms with Crippen molar-refractivity contribution in [1.82, 2.24) is 14.5 Å². The number of carbonyl (C=O) groups is 2. The van der Waals surface area contributed by atoms with E-state index >= 15 is 0 Å². The molecule has 1 fully saturated rings. The van der Waals surface area contributed by atoms with Crippen molar-refractivity contribution in [2.45, 2.75) is 45.6 Å². The second-order valence-electron chi connectivity index (χ2n) is 7.19. The summed E-state index contributed by atoms with van der Waals surface area (Å²) in [6, 6.07) is 0. The molecule has 0 aromatic carbocycles. The lowest BCUT2D eigenvalue weighted by Gasteiger charge is -2.27. The standard InChI is InChI=1S/C16H25N3O4/c1-15(2,3)23-14(22)19-9-7-16(11-19,13(20)21)6-5-12-17-8-10-18(12)4/h8,10H,5-7,9,11H2,1-4H3,(H,20,21). The van der Waals surface area contributed by atoms with Gasteiger partial charge in [0.1, 0.15) is 11.4 Å². The maximum Gasteiger partial charge on any atom is 0.410 e. The number of nitrogens with zero attached hydrogens (tertiary/aromatic N) is 3. The van der Waals surface area contributed by atoms with Crippen LogP contribution in [0.15, 0.2) is 12.4 Å². The predicted octanol–water partition coefficient (Wildman–Crippen LogP) is 2.06. The van der Waals surface area contributed by atoms with E-state index in [9.17, 15) is 14.7 Å². The number of aliphatic carboxylic acids is 1. The Kier molecular flexibility index (Phi) is 4.68. The topological polar surface area (TPSA) is 84.7 Å². The molecule has 0 bridgehead atoms. The van der Waals surface area contributed by atoms with Gasteiger partial charge in [0.15, 0.2) is 0 Å². The first-order chi connectivity index (χ1) is 10.6. The maximum absolute atomic E-state index is 12.2. The molecule has 128 valence electrons. The van der Waals surface area contributed by atoms with Crippen molar-refractivity contribution < 1.29 is 19.4 Å². The van der Waals surface area contributed by atoms with Crippen LogP contribution in [0.1, 0.15) is 39.4 Å². The third-order valence-electron chi connectivity index (χ3n) is 4.21. The minimum atomic E-state index is -0.928. The Balaban J connectivity index is 2.04. The third kappa shape index (κ3) is 4.03. The van der Waals surface area contributed by atoms with Crippen LogP contribution in [0.3, 0.4) is 0 Å². The molecule has 2 rings (SSSR count). The highest BCUT2D eigenvalue weighted by Crippen LogP contribution is 2.36. The van der Waals surface area contributed by atoms with Gasteiger partial charge in [0.05, 0.1) is 5.41 Å². The molecule has 1 aliphatic heterocycles. The van der Waals surface area contributed by atoms with Crippen LogP contribution in [-0.4, -0.2) is 50.3 Å². The van der Waals surface area contributed by atoms with Crippen molar-refractivity contribution in [3.63, 3.8) is 0 Å². The molecule has 1 saturated heterocycles. The van der Waals surface area contributed by atoms with E-state index in [1.165, 1.54) is 4.90 Å². The van der Waals surface area contributed by atoms with Gasteiger partial charge in [0.2, 0.25) is 0 Å². The first-order valence-electron chi connectivity index (χ1n) is 7.80. The average molecular weight is 323 g/mol. The molecule has 1 aromatic heterocycles. The molecule has 23 heavy (non-hydrogen) atoms. The highest BCUT2D eigenvalue weighted by atomic mass is 16.6. The average Bonchev–Trinajstić information content (AvgIpc) is 3.02. The number of hydrogen-bond acceptors (Lipinski definition) is 4. The number of carbonyl (C=O) groups excluding carboxylic acids is 1. The van der Waals surface area contributed by atoms with Crippen LogP contribution in [0.2, 0.25) is 0 Å². The van der Waals surface area contributed by atoms with E-state index < -0.39 is 23.1 Å². The Morgan fingerprint density at radius 3 is 2.65 bits per heavy atom. The van der Waals surface area contributed by atoms with Gasteiger partial charge >= 0.3 is 12.1 Å². The largest absolute Gasteiger partial charge is 0.481 e. The highest BCUT2D eigenvalue weighted by molar-refractivity contribution is 5.78. The number of imidazole rings is 1. The predicted molar refractivity (Wildman–Crippen MR) is 84.0 cm³/mol. The monoisotopic (exact) mass is 323 g/mol. The van der Waals surface area contributed by atoms with Gasteiger partial charge in [-0.05, 0) is 33.6 Å². The van der Waals surface area contributed by atoms with Crippen molar-refractivity contribution in [3.05, 3.63) is 18.2 Å². The number of likely N-dealkylation sites (tertiary alicyclic amines) is 1. The van der Waals surface area contributed by atoms with Crippen molar-refractivity contribution in [2.75, 3.05) is 13.1 Å². The SMILES string of the molecule is Cn1ccnc1CCC1(C(=O)O)CCN(C(=O)OC(C)(C)C)C1. The Bertz CT molecular complexity index is 590. The highest BCUT2D eigenvalue weighted by Gasteiger charge is 2.46. The molecular formula is C16H25N3O4. The summed E-state index contributed by atoms with van der Waals surface area (Å²) in [6.07, 6.45) is 4.54. The second kappa shape index (κ2) is 6.22. The minimum Gasteiger partial charge on any atom is -0.481 e. The fourth-order valence-electron chi connectivity index (χ4n) is 2.83. The summed E-state index contributed by atoms with van der Waals surface area (Å²) in [5, 5.41) is 9.69. The number of hydrogen-bond donors (Lipinski definition) is 1. The molecule has 7 heteroatoms. The van der Waals surface area contributed by atoms with Crippen LogP contribution in [0, 0.1) is 5.41 Å². The number of carboxylic acids is 1. The molecule has 1 amide bonds. The van der Waals surface area contributed by atoms with E-state index in [-0.39, 0.29) is 6.54 Å². The Morgan fingerprint density at radius 1 is 1.43 bits per heavy atom. The number of aryl methyl sites for hydroxylation is 2. The molecule has 7 nitrogen and oxygen atoms in total. The first-order valence-corrected chi connectivity index (χ1v) is 7.80. The number of aromatic nitrogens is 2. The normalized spacial score (nSPS) is 21.5. The summed E-state index contributed by atoms with van der Waals surface area (Å²) in [5.74, 6) is -0.0147. The zero-order valence-corrected chi connectivity index (χ0v) is 14.2. The summed E-state index contributed by atoms with van der Waals surface area (Å²) in [6.45, 7) is 5.98. The molecule has 1 atom stereocenters. The number of carboxylic acid groups (broad SMARTS) is 1. The Morgan fingerprint density at radius 2 is 2.13 bits per heavy atom. The fourth-order valence-corrected chi connectivity index (χ4v) is 2.83. The molecule has 0 radical (unpaired) electrons. The summed E-state index contributed by atoms with van der Waals surface area (Å²) in [7, 11) is 1.89. The number of ether oxygens (including phenoxy) is 1. The van der Waals surface area contributed by atoms with E-state index in [1.807, 2.05) is 17.8 Å². The molecular weight excluding hydrogens is 298 g/mol. The summed E-state index contributed by atoms with van der Waals surface area (Å²) in [4.78, 5) is 29.7. The van der Waals surface area contributed by atoms with E-state index in [0.717, 1.165) is 5.82 Å². The van der Waals surface area contributed by atoms with Crippen LogP contribution in [-0.2, 0) is 23.0 Å². The van der Waals surface area contributed by atoms with Gasteiger partial charge in [-0.3, -0.25) is 4.79 Å². The van der Waals surface area contributed by atoms with Crippen molar-refractivity contribution in [3.8, 4) is 0 Å². The molecule has 1 aliphatic rings. The molecule has 0 spiro atoms. The first kappa shape index (κ1) is 17.3. The molecule has 2 heterocycles. The van der Waals surface area contributed by atoms with Gasteiger partial charge in [0, 0.05) is 39.0 Å². The van der Waals surface area contributed by atoms with E-state index in [2.05, 4.69) is 4.98 Å². The van der Waals surface area contributed by atoms with Gasteiger partial charge in [0.25, 0.3) is 0 Å².